The Kier molecular flexibility index (Phi) is 5.19. The van der Waals surface area contributed by atoms with Crippen molar-refractivity contribution in [1.29, 1.82) is 0 Å². The van der Waals surface area contributed by atoms with Crippen LogP contribution in [0, 0.1) is 3.70 Å². The van der Waals surface area contributed by atoms with Gasteiger partial charge in [0.05, 0.1) is 23.4 Å². The Morgan fingerprint density at radius 3 is 2.76 bits per heavy atom. The minimum Gasteiger partial charge on any atom is -0.462 e. The molecule has 4 nitrogen and oxygen atoms in total. The number of halogens is 3. The van der Waals surface area contributed by atoms with Gasteiger partial charge in [0, 0.05) is 6.54 Å². The second-order valence-electron chi connectivity index (χ2n) is 3.08. The van der Waals surface area contributed by atoms with Crippen molar-refractivity contribution in [2.24, 2.45) is 5.73 Å². The molecule has 0 saturated carbocycles. The van der Waals surface area contributed by atoms with Crippen LogP contribution in [0.25, 0.3) is 0 Å². The van der Waals surface area contributed by atoms with E-state index < -0.39 is 18.0 Å². The fourth-order valence-electron chi connectivity index (χ4n) is 1.35. The summed E-state index contributed by atoms with van der Waals surface area (Å²) in [4.78, 5) is 15.5. The van der Waals surface area contributed by atoms with Crippen molar-refractivity contribution in [3.05, 3.63) is 26.6 Å². The Balaban J connectivity index is 3.35. The van der Waals surface area contributed by atoms with E-state index in [9.17, 15) is 13.6 Å². The second kappa shape index (κ2) is 6.20. The van der Waals surface area contributed by atoms with Gasteiger partial charge in [0.25, 0.3) is 6.43 Å². The lowest BCUT2D eigenvalue weighted by Gasteiger charge is -2.12. The number of ether oxygens (including phenoxy) is 1. The van der Waals surface area contributed by atoms with Crippen molar-refractivity contribution < 1.29 is 18.3 Å². The summed E-state index contributed by atoms with van der Waals surface area (Å²) in [5, 5.41) is 0. The number of pyridine rings is 1. The average Bonchev–Trinajstić information content (AvgIpc) is 2.27. The van der Waals surface area contributed by atoms with E-state index in [0.717, 1.165) is 0 Å². The van der Waals surface area contributed by atoms with E-state index in [0.29, 0.717) is 3.70 Å². The first kappa shape index (κ1) is 14.2. The lowest BCUT2D eigenvalue weighted by Crippen LogP contribution is -2.15. The monoisotopic (exact) mass is 356 g/mol. The topological polar surface area (TPSA) is 65.2 Å². The molecule has 2 N–H and O–H groups in total. The third kappa shape index (κ3) is 3.32. The molecule has 17 heavy (non-hydrogen) atoms. The van der Waals surface area contributed by atoms with Gasteiger partial charge in [-0.3, -0.25) is 0 Å². The number of esters is 1. The molecule has 1 heterocycles. The van der Waals surface area contributed by atoms with Crippen molar-refractivity contribution in [3.8, 4) is 0 Å². The molecular weight excluding hydrogens is 345 g/mol. The number of aromatic nitrogens is 1. The molecule has 0 unspecified atom stereocenters. The van der Waals surface area contributed by atoms with Crippen LogP contribution in [0.15, 0.2) is 6.07 Å². The minimum atomic E-state index is -2.81. The van der Waals surface area contributed by atoms with Gasteiger partial charge in [-0.1, -0.05) is 0 Å². The summed E-state index contributed by atoms with van der Waals surface area (Å²) in [7, 11) is 0. The summed E-state index contributed by atoms with van der Waals surface area (Å²) in [5.74, 6) is -0.780. The molecule has 0 atom stereocenters. The first-order chi connectivity index (χ1) is 8.01. The zero-order valence-electron chi connectivity index (χ0n) is 9.04. The minimum absolute atomic E-state index is 0.0231. The second-order valence-corrected chi connectivity index (χ2v) is 4.18. The van der Waals surface area contributed by atoms with Gasteiger partial charge in [-0.05, 0) is 35.6 Å². The molecule has 94 valence electrons. The molecule has 0 aliphatic rings. The lowest BCUT2D eigenvalue weighted by atomic mass is 10.1. The average molecular weight is 356 g/mol. The Morgan fingerprint density at radius 1 is 1.65 bits per heavy atom. The number of carbonyl (C=O) groups is 1. The van der Waals surface area contributed by atoms with Crippen LogP contribution in [-0.2, 0) is 11.3 Å². The van der Waals surface area contributed by atoms with E-state index in [4.69, 9.17) is 10.5 Å². The summed E-state index contributed by atoms with van der Waals surface area (Å²) in [6.45, 7) is 1.58. The van der Waals surface area contributed by atoms with Crippen LogP contribution in [0.5, 0.6) is 0 Å². The molecule has 0 spiro atoms. The third-order valence-electron chi connectivity index (χ3n) is 2.01. The van der Waals surface area contributed by atoms with Gasteiger partial charge in [-0.2, -0.15) is 0 Å². The molecule has 7 heteroatoms. The molecule has 1 rings (SSSR count). The van der Waals surface area contributed by atoms with Gasteiger partial charge in [0.15, 0.2) is 0 Å². The van der Waals surface area contributed by atoms with Crippen LogP contribution in [0.2, 0.25) is 0 Å². The van der Waals surface area contributed by atoms with Gasteiger partial charge in [0.1, 0.15) is 3.70 Å². The molecule has 0 fully saturated rings. The highest BCUT2D eigenvalue weighted by molar-refractivity contribution is 14.1. The number of carbonyl (C=O) groups excluding carboxylic acids is 1. The highest BCUT2D eigenvalue weighted by atomic mass is 127. The molecular formula is C10H11F2IN2O2. The fourth-order valence-corrected chi connectivity index (χ4v) is 1.95. The number of nitrogens with two attached hydrogens (primary N) is 1. The van der Waals surface area contributed by atoms with Gasteiger partial charge in [-0.15, -0.1) is 0 Å². The number of rotatable bonds is 4. The smallest absolute Gasteiger partial charge is 0.338 e. The van der Waals surface area contributed by atoms with Gasteiger partial charge in [0.2, 0.25) is 0 Å². The largest absolute Gasteiger partial charge is 0.462 e. The predicted octanol–water partition coefficient (Wildman–Crippen LogP) is 2.26. The Morgan fingerprint density at radius 2 is 2.29 bits per heavy atom. The van der Waals surface area contributed by atoms with E-state index in [2.05, 4.69) is 4.98 Å². The highest BCUT2D eigenvalue weighted by Crippen LogP contribution is 2.27. The molecule has 1 aromatic rings. The highest BCUT2D eigenvalue weighted by Gasteiger charge is 2.24. The number of hydrogen-bond donors (Lipinski definition) is 1. The van der Waals surface area contributed by atoms with Crippen LogP contribution in [0.4, 0.5) is 8.78 Å². The van der Waals surface area contributed by atoms with Gasteiger partial charge >= 0.3 is 5.97 Å². The maximum Gasteiger partial charge on any atom is 0.338 e. The Hall–Kier alpha value is -0.830. The number of hydrogen-bond acceptors (Lipinski definition) is 4. The maximum atomic E-state index is 12.9. The van der Waals surface area contributed by atoms with E-state index in [1.54, 1.807) is 6.92 Å². The summed E-state index contributed by atoms with van der Waals surface area (Å²) < 4.78 is 31.0. The molecule has 1 aromatic heterocycles. The van der Waals surface area contributed by atoms with Crippen molar-refractivity contribution >= 4 is 28.6 Å². The maximum absolute atomic E-state index is 12.9. The standard InChI is InChI=1S/C10H11F2IN2O2/c1-2-17-10(16)5-3-7(13)15-6(4-14)8(5)9(11)12/h3,9H,2,4,14H2,1H3. The third-order valence-corrected chi connectivity index (χ3v) is 2.57. The van der Waals surface area contributed by atoms with Crippen molar-refractivity contribution in [2.75, 3.05) is 6.61 Å². The van der Waals surface area contributed by atoms with E-state index in [1.807, 2.05) is 22.6 Å². The van der Waals surface area contributed by atoms with Crippen molar-refractivity contribution in [2.45, 2.75) is 19.9 Å². The summed E-state index contributed by atoms with van der Waals surface area (Å²) in [5.41, 5.74) is 4.77. The zero-order chi connectivity index (χ0) is 13.0. The molecule has 0 bridgehead atoms. The van der Waals surface area contributed by atoms with Crippen LogP contribution in [0.3, 0.4) is 0 Å². The van der Waals surface area contributed by atoms with E-state index in [-0.39, 0.29) is 24.4 Å². The van der Waals surface area contributed by atoms with Crippen molar-refractivity contribution in [3.63, 3.8) is 0 Å². The van der Waals surface area contributed by atoms with Crippen LogP contribution in [-0.4, -0.2) is 17.6 Å². The van der Waals surface area contributed by atoms with Crippen LogP contribution in [0.1, 0.15) is 35.0 Å². The fraction of sp³-hybridized carbons (Fsp3) is 0.400. The normalized spacial score (nSPS) is 10.7. The number of alkyl halides is 2. The van der Waals surface area contributed by atoms with Crippen LogP contribution < -0.4 is 5.73 Å². The molecule has 0 aliphatic heterocycles. The zero-order valence-corrected chi connectivity index (χ0v) is 11.2. The quantitative estimate of drug-likeness (QED) is 0.511. The Bertz CT molecular complexity index is 427. The van der Waals surface area contributed by atoms with Crippen LogP contribution >= 0.6 is 22.6 Å². The summed E-state index contributed by atoms with van der Waals surface area (Å²) >= 11 is 1.84. The predicted molar refractivity (Wildman–Crippen MR) is 65.8 cm³/mol. The van der Waals surface area contributed by atoms with Crippen molar-refractivity contribution in [1.82, 2.24) is 4.98 Å². The Labute approximate surface area is 111 Å². The summed E-state index contributed by atoms with van der Waals surface area (Å²) in [6, 6.07) is 1.28. The van der Waals surface area contributed by atoms with E-state index in [1.165, 1.54) is 6.07 Å². The lowest BCUT2D eigenvalue weighted by molar-refractivity contribution is 0.0514. The molecule has 0 aliphatic carbocycles. The van der Waals surface area contributed by atoms with Gasteiger partial charge < -0.3 is 10.5 Å². The molecule has 0 radical (unpaired) electrons. The SMILES string of the molecule is CCOC(=O)c1cc(I)nc(CN)c1C(F)F. The first-order valence-corrected chi connectivity index (χ1v) is 5.93. The summed E-state index contributed by atoms with van der Waals surface area (Å²) in [6.07, 6.45) is -2.81. The molecule has 0 amide bonds. The van der Waals surface area contributed by atoms with E-state index >= 15 is 0 Å². The molecule has 0 aromatic carbocycles. The van der Waals surface area contributed by atoms with Gasteiger partial charge in [-0.25, -0.2) is 18.6 Å². The first-order valence-electron chi connectivity index (χ1n) is 4.85. The molecule has 0 saturated heterocycles. The number of nitrogens with zero attached hydrogens (tertiary/aromatic N) is 1.